The molecule has 0 spiro atoms. The first-order valence-electron chi connectivity index (χ1n) is 4.51. The van der Waals surface area contributed by atoms with Crippen molar-refractivity contribution in [1.82, 2.24) is 0 Å². The number of fused-ring (bicyclic) bond motifs is 1. The Balaban J connectivity index is 2.46. The van der Waals surface area contributed by atoms with Gasteiger partial charge in [-0.05, 0) is 28.5 Å². The van der Waals surface area contributed by atoms with Crippen molar-refractivity contribution < 1.29 is 0 Å². The topological polar surface area (TPSA) is 0 Å². The van der Waals surface area contributed by atoms with Gasteiger partial charge in [0.05, 0.1) is 0 Å². The van der Waals surface area contributed by atoms with E-state index in [1.54, 1.807) is 0 Å². The van der Waals surface area contributed by atoms with E-state index in [0.29, 0.717) is 0 Å². The van der Waals surface area contributed by atoms with Crippen molar-refractivity contribution in [3.63, 3.8) is 0 Å². The Labute approximate surface area is 83.2 Å². The van der Waals surface area contributed by atoms with Crippen molar-refractivity contribution in [1.29, 1.82) is 0 Å². The third-order valence-electron chi connectivity index (χ3n) is 2.10. The Kier molecular flexibility index (Phi) is 2.36. The molecule has 13 heavy (non-hydrogen) atoms. The second kappa shape index (κ2) is 3.51. The van der Waals surface area contributed by atoms with Crippen LogP contribution in [0.5, 0.6) is 0 Å². The van der Waals surface area contributed by atoms with Crippen LogP contribution in [0.3, 0.4) is 0 Å². The molecular weight excluding hydrogens is 176 g/mol. The van der Waals surface area contributed by atoms with E-state index in [9.17, 15) is 0 Å². The van der Waals surface area contributed by atoms with Crippen LogP contribution in [0.4, 0.5) is 0 Å². The van der Waals surface area contributed by atoms with E-state index in [2.05, 4.69) is 43.5 Å². The maximum atomic E-state index is 2.24. The predicted octanol–water partition coefficient (Wildman–Crippen LogP) is 4.06. The van der Waals surface area contributed by atoms with Gasteiger partial charge < -0.3 is 0 Å². The predicted molar refractivity (Wildman–Crippen MR) is 60.1 cm³/mol. The van der Waals surface area contributed by atoms with Crippen molar-refractivity contribution in [2.45, 2.75) is 20.3 Å². The van der Waals surface area contributed by atoms with Crippen LogP contribution < -0.4 is 0 Å². The summed E-state index contributed by atoms with van der Waals surface area (Å²) in [6.45, 7) is 4.38. The van der Waals surface area contributed by atoms with E-state index in [1.807, 2.05) is 11.3 Å². The molecule has 2 aromatic rings. The van der Waals surface area contributed by atoms with Crippen LogP contribution in [-0.4, -0.2) is 0 Å². The van der Waals surface area contributed by atoms with Crippen LogP contribution in [0.15, 0.2) is 29.6 Å². The van der Waals surface area contributed by atoms with Crippen LogP contribution >= 0.6 is 11.3 Å². The van der Waals surface area contributed by atoms with Gasteiger partial charge in [-0.25, -0.2) is 0 Å². The monoisotopic (exact) mass is 189 g/mol. The summed E-state index contributed by atoms with van der Waals surface area (Å²) in [5.74, 6) is 1.48. The summed E-state index contributed by atoms with van der Waals surface area (Å²) in [4.78, 5) is 1.50. The van der Waals surface area contributed by atoms with Crippen molar-refractivity contribution in [3.8, 4) is 0 Å². The SMILES string of the molecule is C[C](C)Cc1scc2ccccc12. The lowest BCUT2D eigenvalue weighted by Crippen LogP contribution is -1.88. The van der Waals surface area contributed by atoms with Crippen LogP contribution in [-0.2, 0) is 6.42 Å². The number of rotatable bonds is 2. The molecule has 0 nitrogen and oxygen atoms in total. The Morgan fingerprint density at radius 1 is 1.23 bits per heavy atom. The van der Waals surface area contributed by atoms with E-state index >= 15 is 0 Å². The normalized spacial score (nSPS) is 11.3. The molecule has 0 aliphatic heterocycles. The quantitative estimate of drug-likeness (QED) is 0.668. The Bertz CT molecular complexity index is 398. The molecule has 0 atom stereocenters. The van der Waals surface area contributed by atoms with E-state index in [-0.39, 0.29) is 0 Å². The molecule has 0 bridgehead atoms. The van der Waals surface area contributed by atoms with Crippen LogP contribution in [0.2, 0.25) is 0 Å². The van der Waals surface area contributed by atoms with Gasteiger partial charge in [0.15, 0.2) is 0 Å². The molecule has 1 aromatic heterocycles. The van der Waals surface area contributed by atoms with Crippen molar-refractivity contribution in [2.24, 2.45) is 0 Å². The van der Waals surface area contributed by atoms with Gasteiger partial charge in [0, 0.05) is 4.88 Å². The summed E-state index contributed by atoms with van der Waals surface area (Å²) < 4.78 is 0. The maximum absolute atomic E-state index is 2.24. The van der Waals surface area contributed by atoms with E-state index < -0.39 is 0 Å². The molecule has 1 heterocycles. The molecule has 0 aliphatic carbocycles. The minimum atomic E-state index is 1.12. The van der Waals surface area contributed by atoms with Gasteiger partial charge in [-0.3, -0.25) is 0 Å². The fraction of sp³-hybridized carbons (Fsp3) is 0.250. The van der Waals surface area contributed by atoms with Crippen LogP contribution in [0.1, 0.15) is 18.7 Å². The highest BCUT2D eigenvalue weighted by Crippen LogP contribution is 2.27. The second-order valence-corrected chi connectivity index (χ2v) is 4.59. The maximum Gasteiger partial charge on any atom is 0.0129 e. The van der Waals surface area contributed by atoms with Gasteiger partial charge in [0.2, 0.25) is 0 Å². The van der Waals surface area contributed by atoms with Crippen molar-refractivity contribution in [2.75, 3.05) is 0 Å². The van der Waals surface area contributed by atoms with Gasteiger partial charge in [-0.2, -0.15) is 0 Å². The van der Waals surface area contributed by atoms with Crippen molar-refractivity contribution in [3.05, 3.63) is 40.4 Å². The number of hydrogen-bond acceptors (Lipinski definition) is 1. The van der Waals surface area contributed by atoms with Gasteiger partial charge in [-0.15, -0.1) is 11.3 Å². The van der Waals surface area contributed by atoms with Gasteiger partial charge in [0.25, 0.3) is 0 Å². The minimum Gasteiger partial charge on any atom is -0.148 e. The molecular formula is C12H13S. The molecule has 0 saturated carbocycles. The standard InChI is InChI=1S/C12H13S/c1-9(2)7-12-11-6-4-3-5-10(11)8-13-12/h3-6,8H,7H2,1-2H3. The molecule has 0 amide bonds. The Morgan fingerprint density at radius 3 is 2.77 bits per heavy atom. The molecule has 1 heteroatoms. The highest BCUT2D eigenvalue weighted by Gasteiger charge is 2.04. The highest BCUT2D eigenvalue weighted by molar-refractivity contribution is 7.11. The Morgan fingerprint density at radius 2 is 2.00 bits per heavy atom. The average Bonchev–Trinajstić information content (AvgIpc) is 2.48. The summed E-state index contributed by atoms with van der Waals surface area (Å²) in [5, 5.41) is 5.05. The molecule has 0 saturated heterocycles. The van der Waals surface area contributed by atoms with Gasteiger partial charge in [-0.1, -0.05) is 38.1 Å². The summed E-state index contributed by atoms with van der Waals surface area (Å²) in [6.07, 6.45) is 1.12. The fourth-order valence-electron chi connectivity index (χ4n) is 1.51. The molecule has 1 radical (unpaired) electrons. The van der Waals surface area contributed by atoms with E-state index in [1.165, 1.54) is 21.6 Å². The van der Waals surface area contributed by atoms with Crippen molar-refractivity contribution >= 4 is 22.1 Å². The summed E-state index contributed by atoms with van der Waals surface area (Å²) in [7, 11) is 0. The first-order valence-corrected chi connectivity index (χ1v) is 5.39. The average molecular weight is 189 g/mol. The third kappa shape index (κ3) is 1.75. The lowest BCUT2D eigenvalue weighted by Gasteiger charge is -2.01. The first-order chi connectivity index (χ1) is 6.27. The minimum absolute atomic E-state index is 1.12. The van der Waals surface area contributed by atoms with E-state index in [4.69, 9.17) is 0 Å². The first kappa shape index (κ1) is 8.76. The smallest absolute Gasteiger partial charge is 0.0129 e. The van der Waals surface area contributed by atoms with E-state index in [0.717, 1.165) is 6.42 Å². The number of benzene rings is 1. The summed E-state index contributed by atoms with van der Waals surface area (Å²) in [5.41, 5.74) is 0. The van der Waals surface area contributed by atoms with Gasteiger partial charge in [0.1, 0.15) is 0 Å². The molecule has 0 N–H and O–H groups in total. The largest absolute Gasteiger partial charge is 0.148 e. The lowest BCUT2D eigenvalue weighted by molar-refractivity contribution is 0.980. The molecule has 0 fully saturated rings. The number of thiophene rings is 1. The molecule has 2 rings (SSSR count). The third-order valence-corrected chi connectivity index (χ3v) is 3.12. The van der Waals surface area contributed by atoms with Crippen LogP contribution in [0, 0.1) is 5.92 Å². The Hall–Kier alpha value is -0.820. The summed E-state index contributed by atoms with van der Waals surface area (Å²) >= 11 is 1.87. The second-order valence-electron chi connectivity index (χ2n) is 3.63. The molecule has 0 unspecified atom stereocenters. The highest BCUT2D eigenvalue weighted by atomic mass is 32.1. The lowest BCUT2D eigenvalue weighted by atomic mass is 10.1. The van der Waals surface area contributed by atoms with Gasteiger partial charge >= 0.3 is 0 Å². The van der Waals surface area contributed by atoms with Crippen LogP contribution in [0.25, 0.3) is 10.8 Å². The zero-order valence-electron chi connectivity index (χ0n) is 8.00. The fourth-order valence-corrected chi connectivity index (χ4v) is 2.67. The summed E-state index contributed by atoms with van der Waals surface area (Å²) in [6, 6.07) is 8.61. The zero-order chi connectivity index (χ0) is 9.26. The zero-order valence-corrected chi connectivity index (χ0v) is 8.82. The molecule has 67 valence electrons. The molecule has 1 aromatic carbocycles. The number of hydrogen-bond donors (Lipinski definition) is 0. The molecule has 0 aliphatic rings.